The van der Waals surface area contributed by atoms with Crippen LogP contribution >= 0.6 is 0 Å². The molecule has 0 aliphatic carbocycles. The first-order chi connectivity index (χ1) is 13.3. The molecule has 152 valence electrons. The summed E-state index contributed by atoms with van der Waals surface area (Å²) in [5, 5.41) is 9.09. The summed E-state index contributed by atoms with van der Waals surface area (Å²) in [4.78, 5) is 25.1. The van der Waals surface area contributed by atoms with Gasteiger partial charge in [-0.2, -0.15) is 0 Å². The highest BCUT2D eigenvalue weighted by molar-refractivity contribution is 5.88. The van der Waals surface area contributed by atoms with Crippen LogP contribution in [0.1, 0.15) is 33.9 Å². The summed E-state index contributed by atoms with van der Waals surface area (Å²) in [6.45, 7) is 1.78. The summed E-state index contributed by atoms with van der Waals surface area (Å²) < 4.78 is 21.4. The smallest absolute Gasteiger partial charge is 0.339 e. The maximum Gasteiger partial charge on any atom is 0.339 e. The van der Waals surface area contributed by atoms with E-state index in [4.69, 9.17) is 23.7 Å². The van der Waals surface area contributed by atoms with Crippen molar-refractivity contribution in [2.45, 2.75) is 26.3 Å². The predicted octanol–water partition coefficient (Wildman–Crippen LogP) is 2.90. The molecule has 1 amide bonds. The molecule has 8 heteroatoms. The van der Waals surface area contributed by atoms with Crippen LogP contribution in [-0.2, 0) is 17.8 Å². The minimum absolute atomic E-state index is 0.0975. The maximum atomic E-state index is 12.5. The number of aromatic carboxylic acids is 1. The molecular formula is C20H25NO7. The van der Waals surface area contributed by atoms with Crippen molar-refractivity contribution in [1.29, 1.82) is 0 Å². The van der Waals surface area contributed by atoms with Gasteiger partial charge < -0.3 is 28.6 Å². The number of amides is 1. The molecule has 0 saturated carbocycles. The number of carboxylic acids is 1. The van der Waals surface area contributed by atoms with E-state index in [0.717, 1.165) is 5.56 Å². The fourth-order valence-electron chi connectivity index (χ4n) is 2.88. The number of hydrogen-bond acceptors (Lipinski definition) is 6. The lowest BCUT2D eigenvalue weighted by atomic mass is 10.1. The number of nitrogens with zero attached hydrogens (tertiary/aromatic N) is 1. The Kier molecular flexibility index (Phi) is 6.92. The number of ether oxygens (including phenoxy) is 3. The normalized spacial score (nSPS) is 10.5. The summed E-state index contributed by atoms with van der Waals surface area (Å²) in [6, 6.07) is 5.06. The zero-order chi connectivity index (χ0) is 20.8. The fraction of sp³-hybridized carbons (Fsp3) is 0.400. The SMILES string of the molecule is COc1cc(CCC(=O)N(C)Cc2cc(C(=O)O)c(C)o2)cc(OC)c1OC. The molecule has 1 heterocycles. The van der Waals surface area contributed by atoms with Gasteiger partial charge in [-0.1, -0.05) is 0 Å². The van der Waals surface area contributed by atoms with E-state index in [1.807, 2.05) is 12.1 Å². The quantitative estimate of drug-likeness (QED) is 0.702. The first kappa shape index (κ1) is 21.1. The largest absolute Gasteiger partial charge is 0.493 e. The van der Waals surface area contributed by atoms with Crippen LogP contribution in [0.2, 0.25) is 0 Å². The van der Waals surface area contributed by atoms with E-state index < -0.39 is 5.97 Å². The Hall–Kier alpha value is -3.16. The molecule has 1 aromatic heterocycles. The second-order valence-electron chi connectivity index (χ2n) is 6.27. The molecule has 0 radical (unpaired) electrons. The van der Waals surface area contributed by atoms with E-state index in [1.54, 1.807) is 14.0 Å². The van der Waals surface area contributed by atoms with Gasteiger partial charge in [-0.25, -0.2) is 4.79 Å². The summed E-state index contributed by atoms with van der Waals surface area (Å²) in [6.07, 6.45) is 0.748. The molecule has 0 saturated heterocycles. The monoisotopic (exact) mass is 391 g/mol. The number of furan rings is 1. The maximum absolute atomic E-state index is 12.5. The van der Waals surface area contributed by atoms with Gasteiger partial charge in [0.25, 0.3) is 0 Å². The molecule has 0 bridgehead atoms. The van der Waals surface area contributed by atoms with Crippen molar-refractivity contribution in [1.82, 2.24) is 4.90 Å². The molecule has 0 spiro atoms. The first-order valence-corrected chi connectivity index (χ1v) is 8.66. The van der Waals surface area contributed by atoms with Gasteiger partial charge in [0.15, 0.2) is 11.5 Å². The Labute approximate surface area is 163 Å². The van der Waals surface area contributed by atoms with Gasteiger partial charge in [0.1, 0.15) is 17.1 Å². The number of carbonyl (C=O) groups is 2. The van der Waals surface area contributed by atoms with E-state index in [-0.39, 0.29) is 24.4 Å². The number of benzene rings is 1. The standard InChI is InChI=1S/C20H25NO7/c1-12-15(20(23)24)10-14(28-12)11-21(2)18(22)7-6-13-8-16(25-3)19(27-5)17(9-13)26-4/h8-10H,6-7,11H2,1-5H3,(H,23,24). The van der Waals surface area contributed by atoms with Crippen LogP contribution in [0.5, 0.6) is 17.2 Å². The topological polar surface area (TPSA) is 98.4 Å². The summed E-state index contributed by atoms with van der Waals surface area (Å²) in [5.41, 5.74) is 0.978. The van der Waals surface area contributed by atoms with E-state index in [0.29, 0.717) is 35.2 Å². The number of methoxy groups -OCH3 is 3. The zero-order valence-electron chi connectivity index (χ0n) is 16.7. The molecule has 0 aliphatic heterocycles. The minimum atomic E-state index is -1.05. The predicted molar refractivity (Wildman–Crippen MR) is 101 cm³/mol. The second-order valence-corrected chi connectivity index (χ2v) is 6.27. The summed E-state index contributed by atoms with van der Waals surface area (Å²) in [5.74, 6) is 1.16. The van der Waals surface area contributed by atoms with Crippen molar-refractivity contribution < 1.29 is 33.3 Å². The van der Waals surface area contributed by atoms with Gasteiger partial charge in [-0.05, 0) is 37.1 Å². The molecule has 0 fully saturated rings. The molecule has 28 heavy (non-hydrogen) atoms. The average molecular weight is 391 g/mol. The Balaban J connectivity index is 2.03. The molecular weight excluding hydrogens is 366 g/mol. The van der Waals surface area contributed by atoms with E-state index in [1.165, 1.54) is 32.3 Å². The molecule has 0 atom stereocenters. The molecule has 0 unspecified atom stereocenters. The second kappa shape index (κ2) is 9.16. The van der Waals surface area contributed by atoms with Crippen LogP contribution in [0.4, 0.5) is 0 Å². The molecule has 2 aromatic rings. The fourth-order valence-corrected chi connectivity index (χ4v) is 2.88. The van der Waals surface area contributed by atoms with Crippen LogP contribution < -0.4 is 14.2 Å². The highest BCUT2D eigenvalue weighted by Crippen LogP contribution is 2.38. The van der Waals surface area contributed by atoms with Crippen LogP contribution in [0.3, 0.4) is 0 Å². The summed E-state index contributed by atoms with van der Waals surface area (Å²) in [7, 11) is 6.26. The minimum Gasteiger partial charge on any atom is -0.493 e. The molecule has 1 N–H and O–H groups in total. The van der Waals surface area contributed by atoms with Gasteiger partial charge in [-0.15, -0.1) is 0 Å². The number of aryl methyl sites for hydroxylation is 2. The van der Waals surface area contributed by atoms with Crippen LogP contribution in [0, 0.1) is 6.92 Å². The lowest BCUT2D eigenvalue weighted by Gasteiger charge is -2.17. The van der Waals surface area contributed by atoms with Crippen LogP contribution in [0.25, 0.3) is 0 Å². The van der Waals surface area contributed by atoms with Crippen molar-refractivity contribution in [2.24, 2.45) is 0 Å². The third-order valence-corrected chi connectivity index (χ3v) is 4.37. The van der Waals surface area contributed by atoms with Crippen molar-refractivity contribution in [3.8, 4) is 17.2 Å². The molecule has 8 nitrogen and oxygen atoms in total. The number of carboxylic acid groups (broad SMARTS) is 1. The highest BCUT2D eigenvalue weighted by atomic mass is 16.5. The van der Waals surface area contributed by atoms with Crippen LogP contribution in [-0.4, -0.2) is 50.3 Å². The van der Waals surface area contributed by atoms with Crippen LogP contribution in [0.15, 0.2) is 22.6 Å². The van der Waals surface area contributed by atoms with E-state index in [2.05, 4.69) is 0 Å². The van der Waals surface area contributed by atoms with Gasteiger partial charge in [0, 0.05) is 13.5 Å². The number of rotatable bonds is 9. The average Bonchev–Trinajstić information content (AvgIpc) is 3.05. The lowest BCUT2D eigenvalue weighted by molar-refractivity contribution is -0.130. The third-order valence-electron chi connectivity index (χ3n) is 4.37. The molecule has 0 aliphatic rings. The van der Waals surface area contributed by atoms with E-state index >= 15 is 0 Å². The number of carbonyl (C=O) groups excluding carboxylic acids is 1. The third kappa shape index (κ3) is 4.76. The lowest BCUT2D eigenvalue weighted by Crippen LogP contribution is -2.26. The molecule has 1 aromatic carbocycles. The Morgan fingerprint density at radius 2 is 1.68 bits per heavy atom. The van der Waals surface area contributed by atoms with Gasteiger partial charge in [0.2, 0.25) is 11.7 Å². The Bertz CT molecular complexity index is 831. The first-order valence-electron chi connectivity index (χ1n) is 8.66. The van der Waals surface area contributed by atoms with E-state index in [9.17, 15) is 9.59 Å². The van der Waals surface area contributed by atoms with Gasteiger partial charge in [0.05, 0.1) is 27.9 Å². The van der Waals surface area contributed by atoms with Crippen molar-refractivity contribution in [3.05, 3.63) is 40.8 Å². The highest BCUT2D eigenvalue weighted by Gasteiger charge is 2.18. The van der Waals surface area contributed by atoms with Crippen molar-refractivity contribution in [2.75, 3.05) is 28.4 Å². The zero-order valence-corrected chi connectivity index (χ0v) is 16.7. The number of hydrogen-bond donors (Lipinski definition) is 1. The Morgan fingerprint density at radius 1 is 1.07 bits per heavy atom. The van der Waals surface area contributed by atoms with Gasteiger partial charge >= 0.3 is 5.97 Å². The van der Waals surface area contributed by atoms with Gasteiger partial charge in [-0.3, -0.25) is 4.79 Å². The Morgan fingerprint density at radius 3 is 2.14 bits per heavy atom. The molecule has 2 rings (SSSR count). The van der Waals surface area contributed by atoms with Crippen molar-refractivity contribution >= 4 is 11.9 Å². The van der Waals surface area contributed by atoms with Crippen molar-refractivity contribution in [3.63, 3.8) is 0 Å². The summed E-state index contributed by atoms with van der Waals surface area (Å²) >= 11 is 0.